The average Bonchev–Trinajstić information content (AvgIpc) is 3.08. The number of para-hydroxylation sites is 1. The first kappa shape index (κ1) is 19.5. The summed E-state index contributed by atoms with van der Waals surface area (Å²) in [5.41, 5.74) is 1.72. The SMILES string of the molecule is Cc1c(C(=O)Nc2ccccc2)sc2ncn(Cc3ccc([N+](=O)[O-])cc3)c(=O)c12. The summed E-state index contributed by atoms with van der Waals surface area (Å²) in [4.78, 5) is 41.3. The van der Waals surface area contributed by atoms with Crippen LogP contribution in [0.5, 0.6) is 0 Å². The van der Waals surface area contributed by atoms with E-state index >= 15 is 0 Å². The van der Waals surface area contributed by atoms with Gasteiger partial charge in [-0.05, 0) is 30.2 Å². The number of thiophene rings is 1. The minimum absolute atomic E-state index is 0.0116. The van der Waals surface area contributed by atoms with Crippen molar-refractivity contribution < 1.29 is 9.72 Å². The minimum atomic E-state index is -0.472. The van der Waals surface area contributed by atoms with Crippen LogP contribution in [0.1, 0.15) is 20.8 Å². The number of carbonyl (C=O) groups excluding carboxylic acids is 1. The van der Waals surface area contributed by atoms with Crippen LogP contribution in [0.15, 0.2) is 65.7 Å². The molecule has 0 bridgehead atoms. The number of non-ortho nitro benzene ring substituents is 1. The fourth-order valence-electron chi connectivity index (χ4n) is 3.12. The van der Waals surface area contributed by atoms with E-state index in [4.69, 9.17) is 0 Å². The fraction of sp³-hybridized carbons (Fsp3) is 0.0952. The predicted molar refractivity (Wildman–Crippen MR) is 115 cm³/mol. The molecular formula is C21H16N4O4S. The van der Waals surface area contributed by atoms with Crippen LogP contribution in [0.3, 0.4) is 0 Å². The molecule has 0 aliphatic carbocycles. The summed E-state index contributed by atoms with van der Waals surface area (Å²) >= 11 is 1.17. The van der Waals surface area contributed by atoms with E-state index in [1.807, 2.05) is 18.2 Å². The number of rotatable bonds is 5. The lowest BCUT2D eigenvalue weighted by Crippen LogP contribution is -2.21. The standard InChI is InChI=1S/C21H16N4O4S/c1-13-17-20(30-18(13)19(26)23-15-5-3-2-4-6-15)22-12-24(21(17)27)11-14-7-9-16(10-8-14)25(28)29/h2-10,12H,11H2,1H3,(H,23,26). The highest BCUT2D eigenvalue weighted by atomic mass is 32.1. The van der Waals surface area contributed by atoms with Gasteiger partial charge in [0.2, 0.25) is 0 Å². The number of carbonyl (C=O) groups is 1. The number of nitro groups is 1. The van der Waals surface area contributed by atoms with Gasteiger partial charge in [-0.1, -0.05) is 30.3 Å². The highest BCUT2D eigenvalue weighted by Crippen LogP contribution is 2.27. The Kier molecular flexibility index (Phi) is 5.11. The number of hydrogen-bond acceptors (Lipinski definition) is 6. The van der Waals surface area contributed by atoms with E-state index in [-0.39, 0.29) is 23.7 Å². The molecule has 150 valence electrons. The topological polar surface area (TPSA) is 107 Å². The van der Waals surface area contributed by atoms with Crippen molar-refractivity contribution in [2.24, 2.45) is 0 Å². The summed E-state index contributed by atoms with van der Waals surface area (Å²) < 4.78 is 1.43. The van der Waals surface area contributed by atoms with Crippen LogP contribution in [0.2, 0.25) is 0 Å². The molecular weight excluding hydrogens is 404 g/mol. The Morgan fingerprint density at radius 1 is 1.17 bits per heavy atom. The molecule has 30 heavy (non-hydrogen) atoms. The average molecular weight is 420 g/mol. The number of anilines is 1. The number of benzene rings is 2. The van der Waals surface area contributed by atoms with Gasteiger partial charge in [-0.25, -0.2) is 4.98 Å². The molecule has 2 heterocycles. The summed E-state index contributed by atoms with van der Waals surface area (Å²) in [6.45, 7) is 1.96. The second kappa shape index (κ2) is 7.88. The lowest BCUT2D eigenvalue weighted by molar-refractivity contribution is -0.384. The molecule has 1 N–H and O–H groups in total. The first-order valence-electron chi connectivity index (χ1n) is 9.02. The Morgan fingerprint density at radius 3 is 2.53 bits per heavy atom. The quantitative estimate of drug-likeness (QED) is 0.388. The zero-order chi connectivity index (χ0) is 21.3. The smallest absolute Gasteiger partial charge is 0.269 e. The van der Waals surface area contributed by atoms with Crippen molar-refractivity contribution in [2.45, 2.75) is 13.5 Å². The number of hydrogen-bond donors (Lipinski definition) is 1. The summed E-state index contributed by atoms with van der Waals surface area (Å²) in [6, 6.07) is 15.1. The molecule has 0 unspecified atom stereocenters. The first-order valence-corrected chi connectivity index (χ1v) is 9.84. The van der Waals surface area contributed by atoms with E-state index in [9.17, 15) is 19.7 Å². The van der Waals surface area contributed by atoms with Gasteiger partial charge in [-0.15, -0.1) is 11.3 Å². The second-order valence-electron chi connectivity index (χ2n) is 6.66. The molecule has 4 rings (SSSR count). The van der Waals surface area contributed by atoms with E-state index in [1.54, 1.807) is 31.2 Å². The minimum Gasteiger partial charge on any atom is -0.321 e. The van der Waals surface area contributed by atoms with Gasteiger partial charge in [0.15, 0.2) is 0 Å². The van der Waals surface area contributed by atoms with Crippen LogP contribution < -0.4 is 10.9 Å². The van der Waals surface area contributed by atoms with Gasteiger partial charge in [0.1, 0.15) is 4.83 Å². The molecule has 0 aliphatic heterocycles. The predicted octanol–water partition coefficient (Wildman–Crippen LogP) is 3.98. The highest BCUT2D eigenvalue weighted by molar-refractivity contribution is 7.20. The number of amides is 1. The van der Waals surface area contributed by atoms with E-state index in [2.05, 4.69) is 10.3 Å². The summed E-state index contributed by atoms with van der Waals surface area (Å²) in [6.07, 6.45) is 1.43. The summed E-state index contributed by atoms with van der Waals surface area (Å²) in [5, 5.41) is 14.0. The molecule has 1 amide bonds. The van der Waals surface area contributed by atoms with Gasteiger partial charge in [0.25, 0.3) is 17.2 Å². The van der Waals surface area contributed by atoms with Crippen molar-refractivity contribution in [2.75, 3.05) is 5.32 Å². The fourth-order valence-corrected chi connectivity index (χ4v) is 4.15. The molecule has 0 saturated carbocycles. The van der Waals surface area contributed by atoms with Gasteiger partial charge in [0.05, 0.1) is 28.1 Å². The Balaban J connectivity index is 1.65. The van der Waals surface area contributed by atoms with Crippen molar-refractivity contribution >= 4 is 38.8 Å². The molecule has 0 spiro atoms. The summed E-state index contributed by atoms with van der Waals surface area (Å²) in [7, 11) is 0. The van der Waals surface area contributed by atoms with Gasteiger partial charge >= 0.3 is 0 Å². The maximum absolute atomic E-state index is 13.0. The van der Waals surface area contributed by atoms with E-state index < -0.39 is 4.92 Å². The van der Waals surface area contributed by atoms with Gasteiger partial charge < -0.3 is 5.32 Å². The lowest BCUT2D eigenvalue weighted by atomic mass is 10.2. The molecule has 2 aromatic heterocycles. The summed E-state index contributed by atoms with van der Waals surface area (Å²) in [5.74, 6) is -0.289. The Bertz CT molecular complexity index is 1310. The van der Waals surface area contributed by atoms with Gasteiger partial charge in [-0.2, -0.15) is 0 Å². The van der Waals surface area contributed by atoms with Crippen LogP contribution in [-0.4, -0.2) is 20.4 Å². The van der Waals surface area contributed by atoms with Crippen LogP contribution in [0.4, 0.5) is 11.4 Å². The van der Waals surface area contributed by atoms with E-state index in [0.29, 0.717) is 26.3 Å². The van der Waals surface area contributed by atoms with Crippen LogP contribution in [-0.2, 0) is 6.54 Å². The number of aromatic nitrogens is 2. The molecule has 4 aromatic rings. The number of aryl methyl sites for hydroxylation is 1. The van der Waals surface area contributed by atoms with Crippen molar-refractivity contribution in [1.82, 2.24) is 9.55 Å². The van der Waals surface area contributed by atoms with Crippen molar-refractivity contribution in [3.05, 3.63) is 97.4 Å². The van der Waals surface area contributed by atoms with Crippen molar-refractivity contribution in [1.29, 1.82) is 0 Å². The number of nitro benzene ring substituents is 1. The third-order valence-electron chi connectivity index (χ3n) is 4.66. The number of nitrogens with zero attached hydrogens (tertiary/aromatic N) is 3. The zero-order valence-corrected chi connectivity index (χ0v) is 16.7. The molecule has 0 saturated heterocycles. The third-order valence-corrected chi connectivity index (χ3v) is 5.85. The molecule has 9 heteroatoms. The Labute approximate surface area is 174 Å². The van der Waals surface area contributed by atoms with Crippen LogP contribution in [0.25, 0.3) is 10.2 Å². The molecule has 0 aliphatic rings. The maximum Gasteiger partial charge on any atom is 0.269 e. The van der Waals surface area contributed by atoms with Crippen LogP contribution >= 0.6 is 11.3 Å². The molecule has 0 fully saturated rings. The van der Waals surface area contributed by atoms with Crippen molar-refractivity contribution in [3.63, 3.8) is 0 Å². The molecule has 0 atom stereocenters. The normalized spacial score (nSPS) is 10.8. The second-order valence-corrected chi connectivity index (χ2v) is 7.66. The third kappa shape index (κ3) is 3.70. The van der Waals surface area contributed by atoms with E-state index in [1.165, 1.54) is 34.4 Å². The molecule has 2 aromatic carbocycles. The highest BCUT2D eigenvalue weighted by Gasteiger charge is 2.19. The largest absolute Gasteiger partial charge is 0.321 e. The van der Waals surface area contributed by atoms with Crippen molar-refractivity contribution in [3.8, 4) is 0 Å². The maximum atomic E-state index is 13.0. The van der Waals surface area contributed by atoms with E-state index in [0.717, 1.165) is 5.56 Å². The lowest BCUT2D eigenvalue weighted by Gasteiger charge is -2.06. The molecule has 0 radical (unpaired) electrons. The Morgan fingerprint density at radius 2 is 1.87 bits per heavy atom. The first-order chi connectivity index (χ1) is 14.4. The van der Waals surface area contributed by atoms with Gasteiger partial charge in [0, 0.05) is 17.8 Å². The number of fused-ring (bicyclic) bond motifs is 1. The Hall–Kier alpha value is -3.85. The number of nitrogens with one attached hydrogen (secondary N) is 1. The molecule has 8 nitrogen and oxygen atoms in total. The van der Waals surface area contributed by atoms with Gasteiger partial charge in [-0.3, -0.25) is 24.3 Å². The monoisotopic (exact) mass is 420 g/mol. The zero-order valence-electron chi connectivity index (χ0n) is 15.9. The van der Waals surface area contributed by atoms with Crippen LogP contribution in [0, 0.1) is 17.0 Å².